The summed E-state index contributed by atoms with van der Waals surface area (Å²) >= 11 is 0. The molecule has 1 aliphatic heterocycles. The second-order valence-corrected chi connectivity index (χ2v) is 7.12. The molecule has 0 amide bonds. The van der Waals surface area contributed by atoms with Crippen molar-refractivity contribution in [3.8, 4) is 0 Å². The first-order chi connectivity index (χ1) is 14.5. The Balaban J connectivity index is 1.56. The fourth-order valence-electron chi connectivity index (χ4n) is 3.44. The summed E-state index contributed by atoms with van der Waals surface area (Å²) in [5.41, 5.74) is 0.106. The minimum atomic E-state index is -1.42. The molecule has 0 bridgehead atoms. The van der Waals surface area contributed by atoms with E-state index in [0.29, 0.717) is 12.2 Å². The van der Waals surface area contributed by atoms with Crippen LogP contribution in [0.1, 0.15) is 22.9 Å². The molecule has 4 N–H and O–H groups in total. The fourth-order valence-corrected chi connectivity index (χ4v) is 3.44. The third-order valence-electron chi connectivity index (χ3n) is 4.99. The van der Waals surface area contributed by atoms with Gasteiger partial charge in [0, 0.05) is 6.20 Å². The van der Waals surface area contributed by atoms with Crippen molar-refractivity contribution in [2.75, 3.05) is 6.61 Å². The summed E-state index contributed by atoms with van der Waals surface area (Å²) in [6.45, 7) is 0.0329. The number of nitrogens with one attached hydrogen (secondary N) is 1. The monoisotopic (exact) mass is 415 g/mol. The topological polar surface area (TPSA) is 155 Å². The Hall–Kier alpha value is -3.12. The van der Waals surface area contributed by atoms with Crippen LogP contribution < -0.4 is 11.2 Å². The number of hydrogen-bond acceptors (Lipinski definition) is 8. The van der Waals surface area contributed by atoms with Crippen molar-refractivity contribution in [3.05, 3.63) is 80.4 Å². The maximum absolute atomic E-state index is 12.3. The lowest BCUT2D eigenvalue weighted by Crippen LogP contribution is -2.36. The van der Waals surface area contributed by atoms with Crippen LogP contribution in [-0.4, -0.2) is 64.8 Å². The number of ether oxygens (including phenoxy) is 1. The van der Waals surface area contributed by atoms with E-state index >= 15 is 0 Å². The lowest BCUT2D eigenvalue weighted by molar-refractivity contribution is -0.0233. The highest BCUT2D eigenvalue weighted by molar-refractivity contribution is 5.16. The van der Waals surface area contributed by atoms with Crippen molar-refractivity contribution in [2.24, 2.45) is 0 Å². The molecule has 4 unspecified atom stereocenters. The molecule has 11 nitrogen and oxygen atoms in total. The normalized spacial score (nSPS) is 23.7. The Kier molecular flexibility index (Phi) is 5.59. The maximum atomic E-state index is 12.3. The van der Waals surface area contributed by atoms with Gasteiger partial charge >= 0.3 is 5.69 Å². The van der Waals surface area contributed by atoms with Gasteiger partial charge in [-0.25, -0.2) is 9.48 Å². The highest BCUT2D eigenvalue weighted by Gasteiger charge is 2.44. The molecule has 2 aromatic heterocycles. The van der Waals surface area contributed by atoms with Crippen LogP contribution in [0.15, 0.2) is 52.3 Å². The third kappa shape index (κ3) is 3.96. The molecule has 11 heteroatoms. The van der Waals surface area contributed by atoms with Crippen molar-refractivity contribution in [1.82, 2.24) is 24.5 Å². The zero-order valence-corrected chi connectivity index (χ0v) is 15.8. The number of aliphatic hydroxyl groups excluding tert-OH is 3. The molecule has 1 aliphatic rings. The Morgan fingerprint density at radius 2 is 1.83 bits per heavy atom. The first kappa shape index (κ1) is 20.2. The number of aromatic amines is 1. The molecule has 1 saturated heterocycles. The van der Waals surface area contributed by atoms with Gasteiger partial charge < -0.3 is 20.1 Å². The van der Waals surface area contributed by atoms with Crippen LogP contribution in [0.3, 0.4) is 0 Å². The number of aromatic nitrogens is 5. The van der Waals surface area contributed by atoms with Crippen LogP contribution in [0, 0.1) is 0 Å². The summed E-state index contributed by atoms with van der Waals surface area (Å²) in [5.74, 6) is 0. The van der Waals surface area contributed by atoms with Gasteiger partial charge in [0.05, 0.1) is 31.5 Å². The van der Waals surface area contributed by atoms with Crippen LogP contribution in [0.4, 0.5) is 0 Å². The van der Waals surface area contributed by atoms with E-state index in [1.54, 1.807) is 10.9 Å². The Morgan fingerprint density at radius 1 is 1.07 bits per heavy atom. The predicted molar refractivity (Wildman–Crippen MR) is 103 cm³/mol. The Labute approximate surface area is 169 Å². The number of nitrogens with zero attached hydrogens (tertiary/aromatic N) is 4. The van der Waals surface area contributed by atoms with Gasteiger partial charge in [-0.05, 0) is 5.56 Å². The second-order valence-electron chi connectivity index (χ2n) is 7.12. The van der Waals surface area contributed by atoms with Gasteiger partial charge in [0.2, 0.25) is 0 Å². The summed E-state index contributed by atoms with van der Waals surface area (Å²) in [6.07, 6.45) is -2.02. The van der Waals surface area contributed by atoms with E-state index in [1.807, 2.05) is 30.3 Å². The van der Waals surface area contributed by atoms with E-state index in [0.717, 1.165) is 5.56 Å². The molecule has 4 rings (SSSR count). The predicted octanol–water partition coefficient (Wildman–Crippen LogP) is -1.62. The van der Waals surface area contributed by atoms with Crippen LogP contribution in [0.25, 0.3) is 0 Å². The SMILES string of the molecule is O=c1[nH]c(=O)n(Cc2cn(Cc3ccccc3)nn2)cc1C1OC(CO)C(O)C1O. The fraction of sp³-hybridized carbons (Fsp3) is 0.368. The van der Waals surface area contributed by atoms with Gasteiger partial charge in [-0.1, -0.05) is 35.5 Å². The quantitative estimate of drug-likeness (QED) is 0.374. The van der Waals surface area contributed by atoms with Crippen molar-refractivity contribution in [1.29, 1.82) is 0 Å². The smallest absolute Gasteiger partial charge is 0.328 e. The number of benzene rings is 1. The minimum Gasteiger partial charge on any atom is -0.394 e. The first-order valence-corrected chi connectivity index (χ1v) is 9.35. The maximum Gasteiger partial charge on any atom is 0.328 e. The largest absolute Gasteiger partial charge is 0.394 e. The standard InChI is InChI=1S/C19H21N5O6/c25-10-14-15(26)16(27)17(30-14)13-9-23(19(29)20-18(13)28)7-12-8-24(22-21-12)6-11-4-2-1-3-5-11/h1-5,8-9,14-17,25-27H,6-7,10H2,(H,20,28,29). The van der Waals surface area contributed by atoms with E-state index in [1.165, 1.54) is 10.8 Å². The molecule has 3 heterocycles. The molecule has 1 aromatic carbocycles. The van der Waals surface area contributed by atoms with Crippen molar-refractivity contribution < 1.29 is 20.1 Å². The molecule has 4 atom stereocenters. The Morgan fingerprint density at radius 3 is 2.53 bits per heavy atom. The molecule has 0 aliphatic carbocycles. The average Bonchev–Trinajstić information content (AvgIpc) is 3.29. The highest BCUT2D eigenvalue weighted by atomic mass is 16.6. The van der Waals surface area contributed by atoms with Crippen LogP contribution in [0.2, 0.25) is 0 Å². The average molecular weight is 415 g/mol. The first-order valence-electron chi connectivity index (χ1n) is 9.35. The second kappa shape index (κ2) is 8.32. The van der Waals surface area contributed by atoms with E-state index in [9.17, 15) is 24.9 Å². The molecular weight excluding hydrogens is 394 g/mol. The van der Waals surface area contributed by atoms with Gasteiger partial charge in [0.15, 0.2) is 0 Å². The molecule has 0 spiro atoms. The van der Waals surface area contributed by atoms with Crippen molar-refractivity contribution in [3.63, 3.8) is 0 Å². The van der Waals surface area contributed by atoms with Gasteiger partial charge in [-0.15, -0.1) is 5.10 Å². The molecule has 3 aromatic rings. The molecule has 1 fully saturated rings. The lowest BCUT2D eigenvalue weighted by Gasteiger charge is -2.15. The molecular formula is C19H21N5O6. The number of rotatable bonds is 6. The van der Waals surface area contributed by atoms with Crippen LogP contribution in [0.5, 0.6) is 0 Å². The molecule has 158 valence electrons. The van der Waals surface area contributed by atoms with Crippen molar-refractivity contribution in [2.45, 2.75) is 37.5 Å². The summed E-state index contributed by atoms with van der Waals surface area (Å²) in [4.78, 5) is 26.7. The van der Waals surface area contributed by atoms with Gasteiger partial charge in [-0.3, -0.25) is 14.3 Å². The number of hydrogen-bond donors (Lipinski definition) is 4. The number of aliphatic hydroxyl groups is 3. The van der Waals surface area contributed by atoms with Gasteiger partial charge in [0.25, 0.3) is 5.56 Å². The van der Waals surface area contributed by atoms with Gasteiger partial charge in [-0.2, -0.15) is 0 Å². The summed E-state index contributed by atoms with van der Waals surface area (Å²) in [5, 5.41) is 37.4. The highest BCUT2D eigenvalue weighted by Crippen LogP contribution is 2.31. The molecule has 0 saturated carbocycles. The molecule has 30 heavy (non-hydrogen) atoms. The number of H-pyrrole nitrogens is 1. The molecule has 0 radical (unpaired) electrons. The van der Waals surface area contributed by atoms with Crippen LogP contribution in [-0.2, 0) is 17.8 Å². The van der Waals surface area contributed by atoms with Crippen molar-refractivity contribution >= 4 is 0 Å². The van der Waals surface area contributed by atoms with E-state index < -0.39 is 42.3 Å². The zero-order chi connectivity index (χ0) is 21.3. The van der Waals surface area contributed by atoms with E-state index in [-0.39, 0.29) is 12.1 Å². The summed E-state index contributed by atoms with van der Waals surface area (Å²) in [6, 6.07) is 9.68. The van der Waals surface area contributed by atoms with E-state index in [2.05, 4.69) is 15.3 Å². The Bertz CT molecular complexity index is 1120. The lowest BCUT2D eigenvalue weighted by atomic mass is 10.0. The van der Waals surface area contributed by atoms with E-state index in [4.69, 9.17) is 4.74 Å². The third-order valence-corrected chi connectivity index (χ3v) is 4.99. The van der Waals surface area contributed by atoms with Crippen LogP contribution >= 0.6 is 0 Å². The summed E-state index contributed by atoms with van der Waals surface area (Å²) < 4.78 is 8.24. The minimum absolute atomic E-state index is 0.0335. The zero-order valence-electron chi connectivity index (χ0n) is 15.8. The van der Waals surface area contributed by atoms with Gasteiger partial charge in [0.1, 0.15) is 30.1 Å². The summed E-state index contributed by atoms with van der Waals surface area (Å²) in [7, 11) is 0.